The van der Waals surface area contributed by atoms with Crippen LogP contribution in [0.2, 0.25) is 0 Å². The SMILES string of the molecule is C1=CC2Oc3ccc(-c4cccc(-c5ccc6oc7ccc(-n8c9ccccc9c9ccccc98)cc7c6c5)c4)cc3C2C=C1n1c2ccccc2c2ccccc21. The van der Waals surface area contributed by atoms with Crippen molar-refractivity contribution in [3.05, 3.63) is 200 Å². The highest BCUT2D eigenvalue weighted by Crippen LogP contribution is 2.46. The van der Waals surface area contributed by atoms with E-state index >= 15 is 0 Å². The van der Waals surface area contributed by atoms with Crippen LogP contribution in [0, 0.1) is 0 Å². The third-order valence-electron chi connectivity index (χ3n) is 12.5. The van der Waals surface area contributed by atoms with Crippen molar-refractivity contribution in [1.29, 1.82) is 0 Å². The summed E-state index contributed by atoms with van der Waals surface area (Å²) in [7, 11) is 0. The van der Waals surface area contributed by atoms with Gasteiger partial charge in [-0.05, 0) is 113 Å². The number of hydrogen-bond acceptors (Lipinski definition) is 2. The molecule has 2 atom stereocenters. The van der Waals surface area contributed by atoms with E-state index in [4.69, 9.17) is 9.15 Å². The molecule has 0 saturated carbocycles. The van der Waals surface area contributed by atoms with Crippen LogP contribution >= 0.6 is 0 Å². The molecule has 2 aliphatic rings. The highest BCUT2D eigenvalue weighted by molar-refractivity contribution is 6.12. The average Bonchev–Trinajstić information content (AvgIpc) is 4.03. The van der Waals surface area contributed by atoms with Crippen molar-refractivity contribution >= 4 is 71.2 Å². The first-order valence-corrected chi connectivity index (χ1v) is 20.0. The molecule has 4 heteroatoms. The Hall–Kier alpha value is -7.56. The summed E-state index contributed by atoms with van der Waals surface area (Å²) in [6.45, 7) is 0. The Morgan fingerprint density at radius 2 is 0.948 bits per heavy atom. The molecular formula is C54H34N2O2. The van der Waals surface area contributed by atoms with Gasteiger partial charge in [0.25, 0.3) is 0 Å². The molecule has 0 amide bonds. The molecule has 4 nitrogen and oxygen atoms in total. The topological polar surface area (TPSA) is 32.2 Å². The van der Waals surface area contributed by atoms with Gasteiger partial charge in [-0.15, -0.1) is 0 Å². The molecule has 11 aromatic rings. The van der Waals surface area contributed by atoms with Crippen LogP contribution in [0.25, 0.3) is 99.2 Å². The molecule has 0 N–H and O–H groups in total. The van der Waals surface area contributed by atoms with Crippen molar-refractivity contribution in [1.82, 2.24) is 9.13 Å². The maximum Gasteiger partial charge on any atom is 0.135 e. The first-order chi connectivity index (χ1) is 28.7. The lowest BCUT2D eigenvalue weighted by Crippen LogP contribution is -2.18. The van der Waals surface area contributed by atoms with Crippen LogP contribution in [0.1, 0.15) is 11.5 Å². The molecule has 58 heavy (non-hydrogen) atoms. The van der Waals surface area contributed by atoms with E-state index in [-0.39, 0.29) is 12.0 Å². The summed E-state index contributed by atoms with van der Waals surface area (Å²) in [5.41, 5.74) is 14.8. The standard InChI is InChI=1S/C54H34N2O2/c1-5-16-47-39(12-1)40-13-2-6-17-48(40)55(47)37-22-26-53-45(31-37)43-29-35(20-24-51(43)57-53)33-10-9-11-34(28-33)36-21-25-52-44(30-36)46-32-38(23-27-54(46)58-52)56-49-18-7-3-14-41(49)42-15-4-8-19-50(42)56/h1-32,45,53H. The minimum atomic E-state index is -0.0274. The fraction of sp³-hybridized carbons (Fsp3) is 0.0370. The van der Waals surface area contributed by atoms with E-state index in [2.05, 4.69) is 203 Å². The average molecular weight is 743 g/mol. The number of benzene rings is 8. The van der Waals surface area contributed by atoms with Gasteiger partial charge in [0.1, 0.15) is 23.0 Å². The second-order valence-corrected chi connectivity index (χ2v) is 15.6. The van der Waals surface area contributed by atoms with Crippen LogP contribution in [0.15, 0.2) is 199 Å². The van der Waals surface area contributed by atoms with Crippen LogP contribution in [0.5, 0.6) is 5.75 Å². The summed E-state index contributed by atoms with van der Waals surface area (Å²) in [4.78, 5) is 0. The molecule has 8 aromatic carbocycles. The molecule has 0 fully saturated rings. The van der Waals surface area contributed by atoms with E-state index in [0.717, 1.165) is 44.5 Å². The molecule has 0 saturated heterocycles. The summed E-state index contributed by atoms with van der Waals surface area (Å²) in [5.74, 6) is 1.07. The third-order valence-corrected chi connectivity index (χ3v) is 12.5. The van der Waals surface area contributed by atoms with Gasteiger partial charge in [0.15, 0.2) is 0 Å². The zero-order valence-electron chi connectivity index (χ0n) is 31.3. The summed E-state index contributed by atoms with van der Waals surface area (Å²) in [6.07, 6.45) is 6.82. The summed E-state index contributed by atoms with van der Waals surface area (Å²) in [5, 5.41) is 7.26. The van der Waals surface area contributed by atoms with E-state index in [1.807, 2.05) is 0 Å². The first kappa shape index (κ1) is 31.6. The minimum absolute atomic E-state index is 0.0274. The van der Waals surface area contributed by atoms with Crippen molar-refractivity contribution in [3.63, 3.8) is 0 Å². The Labute approximate surface area is 333 Å². The Bertz CT molecular complexity index is 3470. The van der Waals surface area contributed by atoms with Gasteiger partial charge in [0, 0.05) is 55.2 Å². The molecule has 13 rings (SSSR count). The number of nitrogens with zero attached hydrogens (tertiary/aromatic N) is 2. The number of rotatable bonds is 4. The van der Waals surface area contributed by atoms with Gasteiger partial charge in [-0.1, -0.05) is 103 Å². The van der Waals surface area contributed by atoms with Crippen molar-refractivity contribution < 1.29 is 9.15 Å². The van der Waals surface area contributed by atoms with Crippen LogP contribution in [-0.2, 0) is 0 Å². The van der Waals surface area contributed by atoms with Gasteiger partial charge < -0.3 is 18.3 Å². The smallest absolute Gasteiger partial charge is 0.135 e. The molecule has 0 spiro atoms. The van der Waals surface area contributed by atoms with E-state index < -0.39 is 0 Å². The number of fused-ring (bicyclic) bond motifs is 12. The maximum absolute atomic E-state index is 6.53. The van der Waals surface area contributed by atoms with Gasteiger partial charge in [0.2, 0.25) is 0 Å². The van der Waals surface area contributed by atoms with Crippen molar-refractivity contribution in [2.75, 3.05) is 0 Å². The lowest BCUT2D eigenvalue weighted by atomic mass is 9.88. The normalized spacial score (nSPS) is 16.1. The van der Waals surface area contributed by atoms with Gasteiger partial charge in [0.05, 0.1) is 22.1 Å². The molecule has 1 aliphatic carbocycles. The quantitative estimate of drug-likeness (QED) is 0.180. The summed E-state index contributed by atoms with van der Waals surface area (Å²) >= 11 is 0. The second kappa shape index (κ2) is 12.0. The molecule has 0 radical (unpaired) electrons. The predicted molar refractivity (Wildman–Crippen MR) is 239 cm³/mol. The Balaban J connectivity index is 0.875. The molecule has 2 unspecified atom stereocenters. The number of aromatic nitrogens is 2. The zero-order valence-corrected chi connectivity index (χ0v) is 31.3. The van der Waals surface area contributed by atoms with E-state index in [1.54, 1.807) is 0 Å². The van der Waals surface area contributed by atoms with Gasteiger partial charge in [-0.25, -0.2) is 0 Å². The van der Waals surface area contributed by atoms with Crippen LogP contribution < -0.4 is 4.74 Å². The number of para-hydroxylation sites is 4. The largest absolute Gasteiger partial charge is 0.485 e. The van der Waals surface area contributed by atoms with Crippen molar-refractivity contribution in [2.24, 2.45) is 0 Å². The van der Waals surface area contributed by atoms with Crippen LogP contribution in [-0.4, -0.2) is 15.2 Å². The van der Waals surface area contributed by atoms with Crippen molar-refractivity contribution in [3.8, 4) is 33.7 Å². The zero-order chi connectivity index (χ0) is 37.9. The minimum Gasteiger partial charge on any atom is -0.485 e. The van der Waals surface area contributed by atoms with Gasteiger partial charge >= 0.3 is 0 Å². The molecule has 3 aromatic heterocycles. The van der Waals surface area contributed by atoms with Gasteiger partial charge in [-0.3, -0.25) is 0 Å². The molecular weight excluding hydrogens is 709 g/mol. The third kappa shape index (κ3) is 4.57. The predicted octanol–water partition coefficient (Wildman–Crippen LogP) is 14.1. The molecule has 272 valence electrons. The number of furan rings is 1. The van der Waals surface area contributed by atoms with Gasteiger partial charge in [-0.2, -0.15) is 0 Å². The molecule has 0 bridgehead atoms. The van der Waals surface area contributed by atoms with Crippen LogP contribution in [0.4, 0.5) is 0 Å². The van der Waals surface area contributed by atoms with E-state index in [9.17, 15) is 0 Å². The lowest BCUT2D eigenvalue weighted by Gasteiger charge is -2.20. The number of allylic oxidation sites excluding steroid dienone is 2. The fourth-order valence-corrected chi connectivity index (χ4v) is 9.78. The Morgan fingerprint density at radius 3 is 1.60 bits per heavy atom. The monoisotopic (exact) mass is 742 g/mol. The summed E-state index contributed by atoms with van der Waals surface area (Å²) < 4.78 is 17.7. The second-order valence-electron chi connectivity index (χ2n) is 15.6. The van der Waals surface area contributed by atoms with E-state index in [1.165, 1.54) is 66.0 Å². The Kier molecular flexibility index (Phi) is 6.53. The molecule has 1 aliphatic heterocycles. The Morgan fingerprint density at radius 1 is 0.414 bits per heavy atom. The number of ether oxygens (including phenoxy) is 1. The molecule has 4 heterocycles. The van der Waals surface area contributed by atoms with E-state index in [0.29, 0.717) is 0 Å². The maximum atomic E-state index is 6.53. The highest BCUT2D eigenvalue weighted by Gasteiger charge is 2.34. The fourth-order valence-electron chi connectivity index (χ4n) is 9.78. The highest BCUT2D eigenvalue weighted by atomic mass is 16.5. The van der Waals surface area contributed by atoms with Crippen LogP contribution in [0.3, 0.4) is 0 Å². The first-order valence-electron chi connectivity index (χ1n) is 20.0. The summed E-state index contributed by atoms with van der Waals surface area (Å²) in [6, 6.07) is 63.4. The lowest BCUT2D eigenvalue weighted by molar-refractivity contribution is 0.269. The number of hydrogen-bond donors (Lipinski definition) is 0. The van der Waals surface area contributed by atoms with Crippen molar-refractivity contribution in [2.45, 2.75) is 12.0 Å².